The molecule has 0 rings (SSSR count). The first kappa shape index (κ1) is 6.14. The molecule has 2 nitrogen and oxygen atoms in total. The molecule has 0 aromatic rings. The van der Waals surface area contributed by atoms with E-state index in [1.807, 2.05) is 0 Å². The Balaban J connectivity index is 2.34. The van der Waals surface area contributed by atoms with Crippen molar-refractivity contribution in [3.8, 4) is 0 Å². The molecule has 0 atom stereocenters. The Morgan fingerprint density at radius 3 is 2.50 bits per heavy atom. The van der Waals surface area contributed by atoms with Crippen LogP contribution in [-0.4, -0.2) is 23.6 Å². The van der Waals surface area contributed by atoms with E-state index in [9.17, 15) is 0 Å². The standard InChI is InChI=1S/C3H8NOSi/c4-2-1-3-5-6/h1-4H2. The molecule has 0 saturated heterocycles. The Bertz CT molecular complexity index is 22.8. The maximum atomic E-state index is 5.11. The van der Waals surface area contributed by atoms with Gasteiger partial charge in [-0.3, -0.25) is 0 Å². The highest BCUT2D eigenvalue weighted by atomic mass is 28.2. The highest BCUT2D eigenvalue weighted by molar-refractivity contribution is 5.97. The van der Waals surface area contributed by atoms with Gasteiger partial charge in [0.15, 0.2) is 0 Å². The van der Waals surface area contributed by atoms with Gasteiger partial charge in [0, 0.05) is 6.61 Å². The van der Waals surface area contributed by atoms with Gasteiger partial charge in [-0.1, -0.05) is 0 Å². The molecule has 0 aliphatic heterocycles. The van der Waals surface area contributed by atoms with Gasteiger partial charge in [-0.05, 0) is 13.0 Å². The largest absolute Gasteiger partial charge is 0.419 e. The first-order valence-corrected chi connectivity index (χ1v) is 2.31. The summed E-state index contributed by atoms with van der Waals surface area (Å²) in [4.78, 5) is 0. The molecular weight excluding hydrogens is 94.1 g/mol. The molecular formula is C3H8NOSi. The molecule has 0 bridgehead atoms. The summed E-state index contributed by atoms with van der Waals surface area (Å²) in [5.41, 5.74) is 5.11. The van der Waals surface area contributed by atoms with E-state index in [4.69, 9.17) is 5.73 Å². The highest BCUT2D eigenvalue weighted by Gasteiger charge is 1.74. The fourth-order valence-corrected chi connectivity index (χ4v) is 0.300. The molecule has 0 saturated carbocycles. The topological polar surface area (TPSA) is 35.2 Å². The molecule has 0 amide bonds. The van der Waals surface area contributed by atoms with Gasteiger partial charge in [-0.15, -0.1) is 0 Å². The molecule has 0 spiro atoms. The summed E-state index contributed by atoms with van der Waals surface area (Å²) in [5.74, 6) is 0. The molecule has 0 aromatic heterocycles. The molecule has 0 fully saturated rings. The van der Waals surface area contributed by atoms with E-state index in [0.29, 0.717) is 13.2 Å². The summed E-state index contributed by atoms with van der Waals surface area (Å²) < 4.78 is 4.51. The van der Waals surface area contributed by atoms with Gasteiger partial charge in [-0.25, -0.2) is 0 Å². The van der Waals surface area contributed by atoms with Crippen LogP contribution in [0.2, 0.25) is 0 Å². The Morgan fingerprint density at radius 2 is 2.33 bits per heavy atom. The van der Waals surface area contributed by atoms with E-state index in [2.05, 4.69) is 14.9 Å². The van der Waals surface area contributed by atoms with E-state index in [-0.39, 0.29) is 0 Å². The molecule has 0 aliphatic rings. The van der Waals surface area contributed by atoms with Crippen LogP contribution >= 0.6 is 0 Å². The third-order valence-corrected chi connectivity index (χ3v) is 0.655. The summed E-state index contributed by atoms with van der Waals surface area (Å²) in [5, 5.41) is 0. The van der Waals surface area contributed by atoms with Crippen LogP contribution in [0.4, 0.5) is 0 Å². The third kappa shape index (κ3) is 4.14. The number of nitrogens with two attached hydrogens (primary N) is 1. The summed E-state index contributed by atoms with van der Waals surface area (Å²) in [7, 11) is 2.84. The molecule has 0 unspecified atom stereocenters. The zero-order valence-corrected chi connectivity index (χ0v) is 4.61. The maximum absolute atomic E-state index is 5.11. The van der Waals surface area contributed by atoms with Crippen LogP contribution in [0, 0.1) is 0 Å². The lowest BCUT2D eigenvalue weighted by molar-refractivity contribution is 0.344. The zero-order valence-electron chi connectivity index (χ0n) is 3.61. The van der Waals surface area contributed by atoms with Crippen molar-refractivity contribution in [2.45, 2.75) is 6.42 Å². The zero-order chi connectivity index (χ0) is 4.83. The van der Waals surface area contributed by atoms with E-state index in [0.717, 1.165) is 6.42 Å². The van der Waals surface area contributed by atoms with Crippen molar-refractivity contribution < 1.29 is 4.43 Å². The van der Waals surface area contributed by atoms with Gasteiger partial charge < -0.3 is 10.2 Å². The van der Waals surface area contributed by atoms with Crippen LogP contribution in [0.15, 0.2) is 0 Å². The van der Waals surface area contributed by atoms with Crippen LogP contribution < -0.4 is 5.73 Å². The van der Waals surface area contributed by atoms with Gasteiger partial charge in [0.1, 0.15) is 0 Å². The lowest BCUT2D eigenvalue weighted by atomic mass is 10.5. The average molecular weight is 102 g/mol. The average Bonchev–Trinajstić information content (AvgIpc) is 1.61. The van der Waals surface area contributed by atoms with Crippen molar-refractivity contribution in [2.75, 3.05) is 13.2 Å². The molecule has 3 heteroatoms. The van der Waals surface area contributed by atoms with Crippen LogP contribution in [0.5, 0.6) is 0 Å². The predicted molar refractivity (Wildman–Crippen MR) is 25.4 cm³/mol. The number of hydrogen-bond donors (Lipinski definition) is 1. The summed E-state index contributed by atoms with van der Waals surface area (Å²) in [6.07, 6.45) is 0.920. The molecule has 6 heavy (non-hydrogen) atoms. The minimum atomic E-state index is 0.699. The van der Waals surface area contributed by atoms with Crippen molar-refractivity contribution in [1.82, 2.24) is 0 Å². The van der Waals surface area contributed by atoms with E-state index in [1.165, 1.54) is 0 Å². The van der Waals surface area contributed by atoms with E-state index < -0.39 is 0 Å². The Kier molecular flexibility index (Phi) is 5.25. The monoisotopic (exact) mass is 102 g/mol. The van der Waals surface area contributed by atoms with Gasteiger partial charge in [0.2, 0.25) is 10.5 Å². The van der Waals surface area contributed by atoms with Crippen molar-refractivity contribution in [1.29, 1.82) is 0 Å². The second-order valence-corrected chi connectivity index (χ2v) is 1.28. The lowest BCUT2D eigenvalue weighted by Gasteiger charge is -1.89. The quantitative estimate of drug-likeness (QED) is 0.383. The smallest absolute Gasteiger partial charge is 0.246 e. The van der Waals surface area contributed by atoms with Gasteiger partial charge in [0.25, 0.3) is 0 Å². The van der Waals surface area contributed by atoms with Crippen LogP contribution in [0.1, 0.15) is 6.42 Å². The Hall–Kier alpha value is 0.137. The van der Waals surface area contributed by atoms with E-state index >= 15 is 0 Å². The second kappa shape index (κ2) is 5.14. The van der Waals surface area contributed by atoms with Crippen molar-refractivity contribution in [2.24, 2.45) is 5.73 Å². The molecule has 0 aliphatic carbocycles. The molecule has 35 valence electrons. The maximum Gasteiger partial charge on any atom is 0.246 e. The van der Waals surface area contributed by atoms with Crippen LogP contribution in [0.3, 0.4) is 0 Å². The van der Waals surface area contributed by atoms with Crippen molar-refractivity contribution in [3.63, 3.8) is 0 Å². The van der Waals surface area contributed by atoms with Crippen LogP contribution in [-0.2, 0) is 4.43 Å². The van der Waals surface area contributed by atoms with Gasteiger partial charge in [0.05, 0.1) is 0 Å². The summed E-state index contributed by atoms with van der Waals surface area (Å²) in [6.45, 7) is 1.40. The minimum Gasteiger partial charge on any atom is -0.419 e. The first-order valence-electron chi connectivity index (χ1n) is 1.90. The minimum absolute atomic E-state index is 0.699. The predicted octanol–water partition coefficient (Wildman–Crippen LogP) is -0.565. The third-order valence-electron chi connectivity index (χ3n) is 0.451. The summed E-state index contributed by atoms with van der Waals surface area (Å²) >= 11 is 0. The van der Waals surface area contributed by atoms with Crippen molar-refractivity contribution >= 4 is 10.5 Å². The molecule has 0 heterocycles. The highest BCUT2D eigenvalue weighted by Crippen LogP contribution is 1.70. The molecule has 2 N–H and O–H groups in total. The summed E-state index contributed by atoms with van der Waals surface area (Å²) in [6, 6.07) is 0. The van der Waals surface area contributed by atoms with Gasteiger partial charge in [-0.2, -0.15) is 0 Å². The first-order chi connectivity index (χ1) is 2.91. The fraction of sp³-hybridized carbons (Fsp3) is 1.00. The second-order valence-electron chi connectivity index (χ2n) is 0.991. The van der Waals surface area contributed by atoms with Gasteiger partial charge >= 0.3 is 0 Å². The number of hydrogen-bond acceptors (Lipinski definition) is 2. The Labute approximate surface area is 41.2 Å². The fourth-order valence-electron chi connectivity index (χ4n) is 0.156. The van der Waals surface area contributed by atoms with E-state index in [1.54, 1.807) is 0 Å². The SMILES string of the molecule is NCCCO[Si]. The lowest BCUT2D eigenvalue weighted by Crippen LogP contribution is -2.02. The molecule has 3 radical (unpaired) electrons. The Morgan fingerprint density at radius 1 is 1.67 bits per heavy atom. The number of rotatable bonds is 3. The van der Waals surface area contributed by atoms with Crippen molar-refractivity contribution in [3.05, 3.63) is 0 Å². The molecule has 0 aromatic carbocycles. The normalized spacial score (nSPS) is 9.00. The van der Waals surface area contributed by atoms with Crippen LogP contribution in [0.25, 0.3) is 0 Å².